The molecule has 1 heterocycles. The number of thiazole rings is 1. The fourth-order valence-electron chi connectivity index (χ4n) is 1.18. The lowest BCUT2D eigenvalue weighted by atomic mass is 10.2. The predicted molar refractivity (Wildman–Crippen MR) is 62.0 cm³/mol. The Morgan fingerprint density at radius 1 is 1.53 bits per heavy atom. The number of unbranched alkanes of at least 4 members (excludes halogenated alkanes) is 1. The van der Waals surface area contributed by atoms with Gasteiger partial charge in [0.2, 0.25) is 5.88 Å². The fourth-order valence-corrected chi connectivity index (χ4v) is 2.17. The second-order valence-corrected chi connectivity index (χ2v) is 4.44. The molecule has 0 amide bonds. The van der Waals surface area contributed by atoms with Crippen molar-refractivity contribution in [1.29, 1.82) is 0 Å². The molecule has 1 rings (SSSR count). The lowest BCUT2D eigenvalue weighted by Crippen LogP contribution is -2.07. The van der Waals surface area contributed by atoms with Crippen molar-refractivity contribution in [1.82, 2.24) is 4.98 Å². The van der Waals surface area contributed by atoms with Crippen LogP contribution in [0.4, 0.5) is 5.13 Å². The van der Waals surface area contributed by atoms with Crippen molar-refractivity contribution in [2.24, 2.45) is 0 Å². The molecule has 0 fully saturated rings. The highest BCUT2D eigenvalue weighted by Gasteiger charge is 2.12. The van der Waals surface area contributed by atoms with Crippen molar-refractivity contribution in [3.05, 3.63) is 4.88 Å². The van der Waals surface area contributed by atoms with Gasteiger partial charge < -0.3 is 14.4 Å². The van der Waals surface area contributed by atoms with Gasteiger partial charge in [0.15, 0.2) is 5.13 Å². The van der Waals surface area contributed by atoms with Gasteiger partial charge in [-0.2, -0.15) is 4.98 Å². The molecular weight excluding hydrogens is 212 g/mol. The third-order valence-corrected chi connectivity index (χ3v) is 3.22. The van der Waals surface area contributed by atoms with Gasteiger partial charge in [-0.15, -0.1) is 0 Å². The minimum atomic E-state index is 0.596. The van der Waals surface area contributed by atoms with Crippen LogP contribution in [0.1, 0.15) is 17.7 Å². The first-order valence-corrected chi connectivity index (χ1v) is 5.65. The SMILES string of the molecule is COc1nc(N(C)C)sc1CCCC=O. The Bertz CT molecular complexity index is 323. The molecule has 15 heavy (non-hydrogen) atoms. The van der Waals surface area contributed by atoms with E-state index >= 15 is 0 Å². The van der Waals surface area contributed by atoms with Crippen LogP contribution in [-0.2, 0) is 11.2 Å². The van der Waals surface area contributed by atoms with Crippen LogP contribution in [0.5, 0.6) is 5.88 Å². The van der Waals surface area contributed by atoms with Crippen molar-refractivity contribution < 1.29 is 9.53 Å². The summed E-state index contributed by atoms with van der Waals surface area (Å²) >= 11 is 1.62. The highest BCUT2D eigenvalue weighted by Crippen LogP contribution is 2.31. The summed E-state index contributed by atoms with van der Waals surface area (Å²) in [5.74, 6) is 0.689. The van der Waals surface area contributed by atoms with E-state index in [-0.39, 0.29) is 0 Å². The Labute approximate surface area is 93.9 Å². The monoisotopic (exact) mass is 228 g/mol. The van der Waals surface area contributed by atoms with E-state index < -0.39 is 0 Å². The first-order valence-electron chi connectivity index (χ1n) is 4.83. The molecule has 1 aromatic rings. The Hall–Kier alpha value is -1.10. The van der Waals surface area contributed by atoms with Crippen LogP contribution in [0.15, 0.2) is 0 Å². The third kappa shape index (κ3) is 3.20. The first kappa shape index (κ1) is 12.0. The highest BCUT2D eigenvalue weighted by atomic mass is 32.1. The molecule has 0 aromatic carbocycles. The summed E-state index contributed by atoms with van der Waals surface area (Å²) in [7, 11) is 5.53. The topological polar surface area (TPSA) is 42.4 Å². The van der Waals surface area contributed by atoms with E-state index in [2.05, 4.69) is 4.98 Å². The Morgan fingerprint density at radius 3 is 2.80 bits per heavy atom. The van der Waals surface area contributed by atoms with E-state index in [1.807, 2.05) is 19.0 Å². The van der Waals surface area contributed by atoms with Gasteiger partial charge in [-0.25, -0.2) is 0 Å². The zero-order valence-electron chi connectivity index (χ0n) is 9.32. The number of aldehydes is 1. The summed E-state index contributed by atoms with van der Waals surface area (Å²) < 4.78 is 5.19. The number of aryl methyl sites for hydroxylation is 1. The molecule has 4 nitrogen and oxygen atoms in total. The predicted octanol–water partition coefficient (Wildman–Crippen LogP) is 1.74. The van der Waals surface area contributed by atoms with Crippen molar-refractivity contribution >= 4 is 22.8 Å². The normalized spacial score (nSPS) is 10.1. The summed E-state index contributed by atoms with van der Waals surface area (Å²) in [6.07, 6.45) is 3.25. The number of hydrogen-bond donors (Lipinski definition) is 0. The van der Waals surface area contributed by atoms with Gasteiger partial charge in [0.25, 0.3) is 0 Å². The van der Waals surface area contributed by atoms with Crippen LogP contribution in [0.3, 0.4) is 0 Å². The van der Waals surface area contributed by atoms with E-state index in [9.17, 15) is 4.79 Å². The molecule has 0 aliphatic carbocycles. The molecule has 1 aromatic heterocycles. The van der Waals surface area contributed by atoms with E-state index in [1.165, 1.54) is 0 Å². The Morgan fingerprint density at radius 2 is 2.27 bits per heavy atom. The minimum absolute atomic E-state index is 0.596. The number of nitrogens with zero attached hydrogens (tertiary/aromatic N) is 2. The van der Waals surface area contributed by atoms with Crippen molar-refractivity contribution in [3.8, 4) is 5.88 Å². The van der Waals surface area contributed by atoms with Gasteiger partial charge in [0.05, 0.1) is 12.0 Å². The highest BCUT2D eigenvalue weighted by molar-refractivity contribution is 7.15. The Kier molecular flexibility index (Phi) is 4.55. The van der Waals surface area contributed by atoms with Gasteiger partial charge >= 0.3 is 0 Å². The minimum Gasteiger partial charge on any atom is -0.480 e. The molecule has 0 saturated carbocycles. The quantitative estimate of drug-likeness (QED) is 0.549. The number of aromatic nitrogens is 1. The molecule has 5 heteroatoms. The maximum atomic E-state index is 10.2. The van der Waals surface area contributed by atoms with Crippen LogP contribution in [0.25, 0.3) is 0 Å². The number of rotatable bonds is 6. The molecule has 0 saturated heterocycles. The van der Waals surface area contributed by atoms with Crippen LogP contribution in [-0.4, -0.2) is 32.5 Å². The number of ether oxygens (including phenoxy) is 1. The van der Waals surface area contributed by atoms with Crippen LogP contribution in [0.2, 0.25) is 0 Å². The van der Waals surface area contributed by atoms with Crippen molar-refractivity contribution in [2.45, 2.75) is 19.3 Å². The second-order valence-electron chi connectivity index (χ2n) is 3.38. The maximum absolute atomic E-state index is 10.2. The van der Waals surface area contributed by atoms with Gasteiger partial charge in [-0.3, -0.25) is 0 Å². The molecule has 0 unspecified atom stereocenters. The van der Waals surface area contributed by atoms with E-state index in [0.29, 0.717) is 12.3 Å². The number of methoxy groups -OCH3 is 1. The lowest BCUT2D eigenvalue weighted by molar-refractivity contribution is -0.107. The molecule has 0 spiro atoms. The van der Waals surface area contributed by atoms with Crippen molar-refractivity contribution in [2.75, 3.05) is 26.1 Å². The molecule has 0 aliphatic heterocycles. The van der Waals surface area contributed by atoms with Gasteiger partial charge in [0.1, 0.15) is 6.29 Å². The zero-order chi connectivity index (χ0) is 11.3. The molecule has 0 N–H and O–H groups in total. The second kappa shape index (κ2) is 5.70. The zero-order valence-corrected chi connectivity index (χ0v) is 10.1. The fraction of sp³-hybridized carbons (Fsp3) is 0.600. The van der Waals surface area contributed by atoms with Crippen LogP contribution < -0.4 is 9.64 Å². The average Bonchev–Trinajstić information content (AvgIpc) is 2.62. The summed E-state index contributed by atoms with van der Waals surface area (Å²) in [5.41, 5.74) is 0. The van der Waals surface area contributed by atoms with E-state index in [0.717, 1.165) is 29.1 Å². The number of anilines is 1. The lowest BCUT2D eigenvalue weighted by Gasteiger charge is -2.04. The first-order chi connectivity index (χ1) is 7.19. The van der Waals surface area contributed by atoms with Gasteiger partial charge in [-0.1, -0.05) is 11.3 Å². The summed E-state index contributed by atoms with van der Waals surface area (Å²) in [5, 5.41) is 0.938. The molecule has 0 aliphatic rings. The van der Waals surface area contributed by atoms with E-state index in [1.54, 1.807) is 18.4 Å². The standard InChI is InChI=1S/C10H16N2O2S/c1-12(2)10-11-9(14-3)8(15-10)6-4-5-7-13/h7H,4-6H2,1-3H3. The van der Waals surface area contributed by atoms with Crippen molar-refractivity contribution in [3.63, 3.8) is 0 Å². The third-order valence-electron chi connectivity index (χ3n) is 1.95. The van der Waals surface area contributed by atoms with Gasteiger partial charge in [0, 0.05) is 20.5 Å². The number of carbonyl (C=O) groups excluding carboxylic acids is 1. The molecule has 0 bridgehead atoms. The molecular formula is C10H16N2O2S. The maximum Gasteiger partial charge on any atom is 0.229 e. The van der Waals surface area contributed by atoms with E-state index in [4.69, 9.17) is 4.74 Å². The molecule has 0 radical (unpaired) electrons. The smallest absolute Gasteiger partial charge is 0.229 e. The number of carbonyl (C=O) groups is 1. The van der Waals surface area contributed by atoms with Crippen LogP contribution in [0, 0.1) is 0 Å². The summed E-state index contributed by atoms with van der Waals surface area (Å²) in [6, 6.07) is 0. The molecule has 84 valence electrons. The largest absolute Gasteiger partial charge is 0.480 e. The van der Waals surface area contributed by atoms with Gasteiger partial charge in [-0.05, 0) is 12.8 Å². The number of hydrogen-bond acceptors (Lipinski definition) is 5. The summed E-state index contributed by atoms with van der Waals surface area (Å²) in [6.45, 7) is 0. The van der Waals surface area contributed by atoms with Crippen LogP contribution >= 0.6 is 11.3 Å². The average molecular weight is 228 g/mol. The molecule has 0 atom stereocenters. The summed E-state index contributed by atoms with van der Waals surface area (Å²) in [4.78, 5) is 17.6. The Balaban J connectivity index is 2.71.